The minimum Gasteiger partial charge on any atom is -0.463 e. The van der Waals surface area contributed by atoms with E-state index in [1.54, 1.807) is 0 Å². The lowest BCUT2D eigenvalue weighted by molar-refractivity contribution is -0.138. The second kappa shape index (κ2) is 9.80. The van der Waals surface area contributed by atoms with Gasteiger partial charge in [-0.1, -0.05) is 66.7 Å². The van der Waals surface area contributed by atoms with Crippen molar-refractivity contribution in [3.05, 3.63) is 83.4 Å². The van der Waals surface area contributed by atoms with Gasteiger partial charge in [-0.2, -0.15) is 0 Å². The van der Waals surface area contributed by atoms with Crippen molar-refractivity contribution in [2.45, 2.75) is 39.9 Å². The Morgan fingerprint density at radius 3 is 1.92 bits per heavy atom. The molecule has 1 atom stereocenters. The fourth-order valence-electron chi connectivity index (χ4n) is 2.76. The monoisotopic (exact) mass is 337 g/mol. The molecule has 0 aliphatic rings. The van der Waals surface area contributed by atoms with Crippen LogP contribution in [0.4, 0.5) is 0 Å². The molecule has 0 saturated carbocycles. The van der Waals surface area contributed by atoms with E-state index in [2.05, 4.69) is 60.4 Å². The molecule has 0 radical (unpaired) electrons. The highest BCUT2D eigenvalue weighted by Gasteiger charge is 2.15. The highest BCUT2D eigenvalue weighted by molar-refractivity contribution is 5.87. The van der Waals surface area contributed by atoms with Gasteiger partial charge >= 0.3 is 5.97 Å². The lowest BCUT2D eigenvalue weighted by Gasteiger charge is -2.28. The highest BCUT2D eigenvalue weighted by atomic mass is 16.5. The van der Waals surface area contributed by atoms with Crippen molar-refractivity contribution in [2.24, 2.45) is 0 Å². The average Bonchev–Trinajstić information content (AvgIpc) is 2.63. The molecule has 0 N–H and O–H groups in total. The molecule has 0 aliphatic carbocycles. The molecule has 0 aromatic heterocycles. The molecule has 3 heteroatoms. The van der Waals surface area contributed by atoms with Gasteiger partial charge in [0.15, 0.2) is 0 Å². The van der Waals surface area contributed by atoms with Gasteiger partial charge in [-0.3, -0.25) is 4.90 Å². The topological polar surface area (TPSA) is 29.5 Å². The van der Waals surface area contributed by atoms with Gasteiger partial charge in [0.25, 0.3) is 0 Å². The first-order valence-corrected chi connectivity index (χ1v) is 8.77. The summed E-state index contributed by atoms with van der Waals surface area (Å²) in [5.74, 6) is -0.242. The Bertz CT molecular complexity index is 638. The molecule has 3 nitrogen and oxygen atoms in total. The number of benzene rings is 2. The fraction of sp³-hybridized carbons (Fsp3) is 0.318. The van der Waals surface area contributed by atoms with E-state index in [0.29, 0.717) is 12.2 Å². The summed E-state index contributed by atoms with van der Waals surface area (Å²) < 4.78 is 5.10. The molecular formula is C22H27NO2. The van der Waals surface area contributed by atoms with E-state index in [0.717, 1.165) is 13.1 Å². The van der Waals surface area contributed by atoms with Crippen molar-refractivity contribution in [1.82, 2.24) is 4.90 Å². The Hall–Kier alpha value is -2.39. The van der Waals surface area contributed by atoms with Gasteiger partial charge in [0, 0.05) is 24.7 Å². The Morgan fingerprint density at radius 1 is 1.00 bits per heavy atom. The Labute approximate surface area is 150 Å². The lowest BCUT2D eigenvalue weighted by atomic mass is 10.1. The van der Waals surface area contributed by atoms with Crippen molar-refractivity contribution < 1.29 is 9.53 Å². The third-order valence-corrected chi connectivity index (χ3v) is 4.12. The second-order valence-corrected chi connectivity index (χ2v) is 6.19. The smallest absolute Gasteiger partial charge is 0.333 e. The Balaban J connectivity index is 2.17. The third-order valence-electron chi connectivity index (χ3n) is 4.12. The number of esters is 1. The third kappa shape index (κ3) is 6.20. The molecule has 0 amide bonds. The molecule has 0 aliphatic heterocycles. The maximum absolute atomic E-state index is 11.9. The maximum Gasteiger partial charge on any atom is 0.333 e. The summed E-state index contributed by atoms with van der Waals surface area (Å²) in [4.78, 5) is 14.3. The van der Waals surface area contributed by atoms with E-state index in [4.69, 9.17) is 4.74 Å². The molecule has 0 fully saturated rings. The second-order valence-electron chi connectivity index (χ2n) is 6.19. The van der Waals surface area contributed by atoms with E-state index < -0.39 is 0 Å². The van der Waals surface area contributed by atoms with Crippen molar-refractivity contribution >= 4 is 5.97 Å². The predicted octanol–water partition coefficient (Wildman–Crippen LogP) is 4.59. The maximum atomic E-state index is 11.9. The molecular weight excluding hydrogens is 310 g/mol. The highest BCUT2D eigenvalue weighted by Crippen LogP contribution is 2.15. The summed E-state index contributed by atoms with van der Waals surface area (Å²) in [5.41, 5.74) is 3.17. The van der Waals surface area contributed by atoms with Crippen LogP contribution in [0, 0.1) is 0 Å². The molecule has 0 saturated heterocycles. The zero-order valence-electron chi connectivity index (χ0n) is 15.3. The van der Waals surface area contributed by atoms with Crippen LogP contribution in [0.3, 0.4) is 0 Å². The average molecular weight is 337 g/mol. The standard InChI is InChI=1S/C22H27NO2/c1-4-25-22(24)18(2)15-19(3)23(16-20-11-7-5-8-12-20)17-21-13-9-6-10-14-21/h5-15,19H,4,16-17H2,1-3H3/b18-15+/t19-/m0/s1. The molecule has 0 spiro atoms. The summed E-state index contributed by atoms with van der Waals surface area (Å²) in [6, 6.07) is 20.9. The first-order valence-electron chi connectivity index (χ1n) is 8.77. The van der Waals surface area contributed by atoms with Crippen LogP contribution in [-0.2, 0) is 22.6 Å². The SMILES string of the molecule is CCOC(=O)/C(C)=C/[C@H](C)N(Cc1ccccc1)Cc1ccccc1. The van der Waals surface area contributed by atoms with Crippen molar-refractivity contribution in [3.63, 3.8) is 0 Å². The minimum atomic E-state index is -0.242. The van der Waals surface area contributed by atoms with Crippen LogP contribution in [-0.4, -0.2) is 23.5 Å². The zero-order valence-corrected chi connectivity index (χ0v) is 15.3. The van der Waals surface area contributed by atoms with Crippen LogP contribution >= 0.6 is 0 Å². The molecule has 0 bridgehead atoms. The van der Waals surface area contributed by atoms with Crippen LogP contribution in [0.5, 0.6) is 0 Å². The molecule has 25 heavy (non-hydrogen) atoms. The van der Waals surface area contributed by atoms with Gasteiger partial charge in [0.1, 0.15) is 0 Å². The van der Waals surface area contributed by atoms with Crippen molar-refractivity contribution in [3.8, 4) is 0 Å². The van der Waals surface area contributed by atoms with E-state index in [-0.39, 0.29) is 12.0 Å². The normalized spacial score (nSPS) is 12.9. The Kier molecular flexibility index (Phi) is 7.42. The number of carbonyl (C=O) groups excluding carboxylic acids is 1. The summed E-state index contributed by atoms with van der Waals surface area (Å²) >= 11 is 0. The zero-order chi connectivity index (χ0) is 18.1. The van der Waals surface area contributed by atoms with Gasteiger partial charge in [-0.25, -0.2) is 4.79 Å². The summed E-state index contributed by atoms with van der Waals surface area (Å²) in [6.07, 6.45) is 1.99. The van der Waals surface area contributed by atoms with Crippen LogP contribution < -0.4 is 0 Å². The van der Waals surface area contributed by atoms with Gasteiger partial charge in [-0.15, -0.1) is 0 Å². The number of nitrogens with zero attached hydrogens (tertiary/aromatic N) is 1. The van der Waals surface area contributed by atoms with Crippen molar-refractivity contribution in [2.75, 3.05) is 6.61 Å². The van der Waals surface area contributed by atoms with Gasteiger partial charge in [0.2, 0.25) is 0 Å². The first kappa shape index (κ1) is 18.9. The number of rotatable bonds is 8. The Morgan fingerprint density at radius 2 is 1.48 bits per heavy atom. The van der Waals surface area contributed by atoms with Crippen LogP contribution in [0.1, 0.15) is 31.9 Å². The largest absolute Gasteiger partial charge is 0.463 e. The fourth-order valence-corrected chi connectivity index (χ4v) is 2.76. The quantitative estimate of drug-likeness (QED) is 0.521. The van der Waals surface area contributed by atoms with Crippen LogP contribution in [0.15, 0.2) is 72.3 Å². The van der Waals surface area contributed by atoms with E-state index in [9.17, 15) is 4.79 Å². The van der Waals surface area contributed by atoms with Crippen LogP contribution in [0.25, 0.3) is 0 Å². The summed E-state index contributed by atoms with van der Waals surface area (Å²) in [5, 5.41) is 0. The van der Waals surface area contributed by atoms with Gasteiger partial charge < -0.3 is 4.74 Å². The van der Waals surface area contributed by atoms with Crippen LogP contribution in [0.2, 0.25) is 0 Å². The molecule has 2 rings (SSSR count). The first-order chi connectivity index (χ1) is 12.1. The summed E-state index contributed by atoms with van der Waals surface area (Å²) in [7, 11) is 0. The van der Waals surface area contributed by atoms with E-state index in [1.807, 2.05) is 32.1 Å². The van der Waals surface area contributed by atoms with Crippen molar-refractivity contribution in [1.29, 1.82) is 0 Å². The lowest BCUT2D eigenvalue weighted by Crippen LogP contribution is -2.31. The number of hydrogen-bond acceptors (Lipinski definition) is 3. The number of ether oxygens (including phenoxy) is 1. The molecule has 2 aromatic rings. The summed E-state index contributed by atoms with van der Waals surface area (Å²) in [6.45, 7) is 7.81. The molecule has 2 aromatic carbocycles. The number of hydrogen-bond donors (Lipinski definition) is 0. The molecule has 0 unspecified atom stereocenters. The van der Waals surface area contributed by atoms with E-state index >= 15 is 0 Å². The van der Waals surface area contributed by atoms with Gasteiger partial charge in [0.05, 0.1) is 6.61 Å². The van der Waals surface area contributed by atoms with Gasteiger partial charge in [-0.05, 0) is 31.9 Å². The molecule has 0 heterocycles. The van der Waals surface area contributed by atoms with E-state index in [1.165, 1.54) is 11.1 Å². The number of carbonyl (C=O) groups is 1. The predicted molar refractivity (Wildman–Crippen MR) is 102 cm³/mol. The minimum absolute atomic E-state index is 0.116. The molecule has 132 valence electrons.